The lowest BCUT2D eigenvalue weighted by Gasteiger charge is -2.31. The lowest BCUT2D eigenvalue weighted by molar-refractivity contribution is -0.141. The first-order valence-corrected chi connectivity index (χ1v) is 11.4. The van der Waals surface area contributed by atoms with E-state index in [2.05, 4.69) is 5.32 Å². The van der Waals surface area contributed by atoms with Gasteiger partial charge in [-0.3, -0.25) is 24.1 Å². The van der Waals surface area contributed by atoms with Crippen LogP contribution in [0.3, 0.4) is 0 Å². The molecule has 2 aromatic rings. The molecular weight excluding hydrogens is 418 g/mol. The fourth-order valence-corrected chi connectivity index (χ4v) is 4.19. The van der Waals surface area contributed by atoms with Crippen LogP contribution in [0.4, 0.5) is 0 Å². The number of imide groups is 1. The second-order valence-electron chi connectivity index (χ2n) is 8.24. The number of rotatable bonds is 10. The Hall–Kier alpha value is -3.48. The van der Waals surface area contributed by atoms with Crippen molar-refractivity contribution in [3.8, 4) is 0 Å². The number of benzene rings is 2. The SMILES string of the molecule is CCNC(=O)[C@H](CC)N(Cc1cccc(C)c1)C(=O)CCCN1C(=O)c2ccccc2C1=O. The van der Waals surface area contributed by atoms with Gasteiger partial charge < -0.3 is 10.2 Å². The first kappa shape index (κ1) is 24.2. The summed E-state index contributed by atoms with van der Waals surface area (Å²) < 4.78 is 0. The highest BCUT2D eigenvalue weighted by Crippen LogP contribution is 2.23. The molecule has 0 radical (unpaired) electrons. The van der Waals surface area contributed by atoms with Gasteiger partial charge in [-0.25, -0.2) is 0 Å². The molecule has 0 unspecified atom stereocenters. The summed E-state index contributed by atoms with van der Waals surface area (Å²) in [6.07, 6.45) is 0.956. The summed E-state index contributed by atoms with van der Waals surface area (Å²) in [4.78, 5) is 53.9. The van der Waals surface area contributed by atoms with E-state index in [4.69, 9.17) is 0 Å². The van der Waals surface area contributed by atoms with Gasteiger partial charge in [0.25, 0.3) is 11.8 Å². The minimum atomic E-state index is -0.586. The molecular formula is C26H31N3O4. The summed E-state index contributed by atoms with van der Waals surface area (Å²) in [6.45, 7) is 6.69. The predicted octanol–water partition coefficient (Wildman–Crippen LogP) is 3.31. The van der Waals surface area contributed by atoms with Crippen molar-refractivity contribution in [1.29, 1.82) is 0 Å². The van der Waals surface area contributed by atoms with Crippen LogP contribution in [0.2, 0.25) is 0 Å². The molecule has 0 saturated carbocycles. The Morgan fingerprint density at radius 3 is 2.24 bits per heavy atom. The molecule has 0 spiro atoms. The second kappa shape index (κ2) is 10.9. The predicted molar refractivity (Wildman–Crippen MR) is 126 cm³/mol. The molecule has 7 heteroatoms. The zero-order valence-electron chi connectivity index (χ0n) is 19.5. The van der Waals surface area contributed by atoms with Crippen LogP contribution in [-0.2, 0) is 16.1 Å². The largest absolute Gasteiger partial charge is 0.355 e. The van der Waals surface area contributed by atoms with Crippen LogP contribution in [0.5, 0.6) is 0 Å². The number of nitrogens with zero attached hydrogens (tertiary/aromatic N) is 2. The van der Waals surface area contributed by atoms with Crippen LogP contribution in [0, 0.1) is 6.92 Å². The third-order valence-corrected chi connectivity index (χ3v) is 5.82. The Balaban J connectivity index is 1.70. The van der Waals surface area contributed by atoms with E-state index in [1.54, 1.807) is 29.2 Å². The molecule has 0 fully saturated rings. The van der Waals surface area contributed by atoms with Crippen molar-refractivity contribution in [1.82, 2.24) is 15.1 Å². The maximum atomic E-state index is 13.3. The van der Waals surface area contributed by atoms with Gasteiger partial charge in [-0.15, -0.1) is 0 Å². The number of amides is 4. The van der Waals surface area contributed by atoms with Gasteiger partial charge in [0.05, 0.1) is 11.1 Å². The van der Waals surface area contributed by atoms with Crippen LogP contribution >= 0.6 is 0 Å². The molecule has 2 aromatic carbocycles. The topological polar surface area (TPSA) is 86.8 Å². The van der Waals surface area contributed by atoms with E-state index >= 15 is 0 Å². The highest BCUT2D eigenvalue weighted by Gasteiger charge is 2.35. The number of fused-ring (bicyclic) bond motifs is 1. The maximum Gasteiger partial charge on any atom is 0.261 e. The average molecular weight is 450 g/mol. The lowest BCUT2D eigenvalue weighted by Crippen LogP contribution is -2.49. The molecule has 33 heavy (non-hydrogen) atoms. The molecule has 1 heterocycles. The van der Waals surface area contributed by atoms with E-state index < -0.39 is 6.04 Å². The first-order valence-electron chi connectivity index (χ1n) is 11.4. The van der Waals surface area contributed by atoms with Crippen LogP contribution in [0.15, 0.2) is 48.5 Å². The number of nitrogens with one attached hydrogen (secondary N) is 1. The third kappa shape index (κ3) is 5.48. The molecule has 0 saturated heterocycles. The van der Waals surface area contributed by atoms with Crippen molar-refractivity contribution in [2.45, 2.75) is 52.6 Å². The van der Waals surface area contributed by atoms with Gasteiger partial charge in [-0.05, 0) is 44.4 Å². The van der Waals surface area contributed by atoms with Gasteiger partial charge in [-0.1, -0.05) is 48.9 Å². The molecule has 1 aliphatic heterocycles. The maximum absolute atomic E-state index is 13.3. The van der Waals surface area contributed by atoms with Crippen LogP contribution in [0.1, 0.15) is 65.0 Å². The third-order valence-electron chi connectivity index (χ3n) is 5.82. The Labute approximate surface area is 194 Å². The van der Waals surface area contributed by atoms with Crippen LogP contribution < -0.4 is 5.32 Å². The molecule has 3 rings (SSSR count). The summed E-state index contributed by atoms with van der Waals surface area (Å²) in [6, 6.07) is 14.0. The highest BCUT2D eigenvalue weighted by atomic mass is 16.2. The Morgan fingerprint density at radius 1 is 1.00 bits per heavy atom. The standard InChI is InChI=1S/C26H31N3O4/c1-4-22(24(31)27-5-2)29(17-19-11-8-10-18(3)16-19)23(30)14-9-15-28-25(32)20-12-6-7-13-21(20)26(28)33/h6-8,10-13,16,22H,4-5,9,14-15,17H2,1-3H3,(H,27,31)/t22-/m0/s1. The minimum absolute atomic E-state index is 0.134. The Bertz CT molecular complexity index is 1010. The lowest BCUT2D eigenvalue weighted by atomic mass is 10.1. The van der Waals surface area contributed by atoms with Crippen molar-refractivity contribution >= 4 is 23.6 Å². The molecule has 7 nitrogen and oxygen atoms in total. The van der Waals surface area contributed by atoms with Crippen molar-refractivity contribution in [3.05, 3.63) is 70.8 Å². The normalized spacial score (nSPS) is 13.6. The van der Waals surface area contributed by atoms with Crippen LogP contribution in [0.25, 0.3) is 0 Å². The second-order valence-corrected chi connectivity index (χ2v) is 8.24. The van der Waals surface area contributed by atoms with Gasteiger partial charge in [0.1, 0.15) is 6.04 Å². The first-order chi connectivity index (χ1) is 15.9. The summed E-state index contributed by atoms with van der Waals surface area (Å²) in [7, 11) is 0. The molecule has 0 bridgehead atoms. The van der Waals surface area contributed by atoms with Crippen molar-refractivity contribution in [3.63, 3.8) is 0 Å². The number of hydrogen-bond donors (Lipinski definition) is 1. The summed E-state index contributed by atoms with van der Waals surface area (Å²) in [5, 5.41) is 2.82. The van der Waals surface area contributed by atoms with E-state index in [0.29, 0.717) is 37.1 Å². The van der Waals surface area contributed by atoms with E-state index in [9.17, 15) is 19.2 Å². The van der Waals surface area contributed by atoms with Gasteiger partial charge in [-0.2, -0.15) is 0 Å². The number of carbonyl (C=O) groups excluding carboxylic acids is 4. The number of hydrogen-bond acceptors (Lipinski definition) is 4. The number of carbonyl (C=O) groups is 4. The quantitative estimate of drug-likeness (QED) is 0.564. The Morgan fingerprint density at radius 2 is 1.67 bits per heavy atom. The molecule has 1 atom stereocenters. The highest BCUT2D eigenvalue weighted by molar-refractivity contribution is 6.21. The minimum Gasteiger partial charge on any atom is -0.355 e. The van der Waals surface area contributed by atoms with E-state index in [1.807, 2.05) is 45.0 Å². The zero-order valence-corrected chi connectivity index (χ0v) is 19.5. The van der Waals surface area contributed by atoms with Gasteiger partial charge in [0.15, 0.2) is 0 Å². The zero-order chi connectivity index (χ0) is 24.0. The smallest absolute Gasteiger partial charge is 0.261 e. The molecule has 0 aliphatic carbocycles. The van der Waals surface area contributed by atoms with E-state index in [-0.39, 0.29) is 36.6 Å². The molecule has 1 aliphatic rings. The summed E-state index contributed by atoms with van der Waals surface area (Å²) >= 11 is 0. The molecule has 174 valence electrons. The Kier molecular flexibility index (Phi) is 7.98. The summed E-state index contributed by atoms with van der Waals surface area (Å²) in [5.74, 6) is -1.01. The van der Waals surface area contributed by atoms with Crippen molar-refractivity contribution in [2.75, 3.05) is 13.1 Å². The number of likely N-dealkylation sites (N-methyl/N-ethyl adjacent to an activating group) is 1. The monoisotopic (exact) mass is 449 g/mol. The fraction of sp³-hybridized carbons (Fsp3) is 0.385. The molecule has 0 aromatic heterocycles. The molecule has 1 N–H and O–H groups in total. The summed E-state index contributed by atoms with van der Waals surface area (Å²) in [5.41, 5.74) is 2.83. The van der Waals surface area contributed by atoms with Crippen molar-refractivity contribution < 1.29 is 19.2 Å². The fourth-order valence-electron chi connectivity index (χ4n) is 4.19. The van der Waals surface area contributed by atoms with E-state index in [1.165, 1.54) is 4.90 Å². The number of aryl methyl sites for hydroxylation is 1. The van der Waals surface area contributed by atoms with Gasteiger partial charge in [0.2, 0.25) is 11.8 Å². The van der Waals surface area contributed by atoms with Crippen molar-refractivity contribution in [2.24, 2.45) is 0 Å². The van der Waals surface area contributed by atoms with E-state index in [0.717, 1.165) is 11.1 Å². The molecule has 4 amide bonds. The van der Waals surface area contributed by atoms with Gasteiger partial charge in [0, 0.05) is 26.1 Å². The van der Waals surface area contributed by atoms with Crippen LogP contribution in [-0.4, -0.2) is 52.6 Å². The average Bonchev–Trinajstić information content (AvgIpc) is 3.04. The van der Waals surface area contributed by atoms with Gasteiger partial charge >= 0.3 is 0 Å².